The van der Waals surface area contributed by atoms with Crippen LogP contribution in [-0.2, 0) is 4.79 Å². The second-order valence-corrected chi connectivity index (χ2v) is 5.73. The lowest BCUT2D eigenvalue weighted by molar-refractivity contribution is -0.114. The molecule has 4 nitrogen and oxygen atoms in total. The van der Waals surface area contributed by atoms with Crippen molar-refractivity contribution in [1.82, 2.24) is 0 Å². The maximum Gasteiger partial charge on any atom is 0.243 e. The molecule has 0 aliphatic rings. The van der Waals surface area contributed by atoms with Gasteiger partial charge in [0, 0.05) is 5.69 Å². The number of amides is 1. The second kappa shape index (κ2) is 8.22. The number of benzene rings is 3. The van der Waals surface area contributed by atoms with Crippen molar-refractivity contribution in [2.75, 3.05) is 17.2 Å². The molecule has 3 rings (SSSR count). The van der Waals surface area contributed by atoms with Crippen LogP contribution in [0.3, 0.4) is 0 Å². The van der Waals surface area contributed by atoms with Crippen LogP contribution in [-0.4, -0.2) is 12.5 Å². The van der Waals surface area contributed by atoms with Crippen molar-refractivity contribution in [3.63, 3.8) is 0 Å². The fourth-order valence-corrected chi connectivity index (χ4v) is 2.39. The smallest absolute Gasteiger partial charge is 0.243 e. The maximum absolute atomic E-state index is 12.0. The maximum atomic E-state index is 12.0. The zero-order chi connectivity index (χ0) is 17.5. The third-order valence-electron chi connectivity index (χ3n) is 3.43. The first-order valence-corrected chi connectivity index (χ1v) is 8.20. The van der Waals surface area contributed by atoms with Crippen molar-refractivity contribution < 1.29 is 9.53 Å². The lowest BCUT2D eigenvalue weighted by atomic mass is 10.3. The first kappa shape index (κ1) is 16.9. The second-order valence-electron chi connectivity index (χ2n) is 5.32. The minimum absolute atomic E-state index is 0.143. The van der Waals surface area contributed by atoms with Crippen LogP contribution in [0.1, 0.15) is 0 Å². The fourth-order valence-electron chi connectivity index (χ4n) is 2.20. The summed E-state index contributed by atoms with van der Waals surface area (Å²) < 4.78 is 5.73. The molecule has 3 aromatic rings. The molecular weight excluding hydrogens is 336 g/mol. The number of carbonyl (C=O) groups excluding carboxylic acids is 1. The minimum atomic E-state index is -0.169. The van der Waals surface area contributed by atoms with Crippen LogP contribution in [0.25, 0.3) is 0 Å². The zero-order valence-corrected chi connectivity index (χ0v) is 14.2. The van der Waals surface area contributed by atoms with Gasteiger partial charge in [0.2, 0.25) is 5.91 Å². The highest BCUT2D eigenvalue weighted by atomic mass is 35.5. The van der Waals surface area contributed by atoms with Gasteiger partial charge in [-0.3, -0.25) is 4.79 Å². The molecule has 3 aromatic carbocycles. The molecular formula is C20H17ClN2O2. The number of nitrogens with one attached hydrogen (secondary N) is 2. The van der Waals surface area contributed by atoms with E-state index in [2.05, 4.69) is 10.6 Å². The molecule has 0 saturated heterocycles. The van der Waals surface area contributed by atoms with Gasteiger partial charge in [0.05, 0.1) is 17.3 Å². The van der Waals surface area contributed by atoms with Gasteiger partial charge in [-0.15, -0.1) is 0 Å². The Hall–Kier alpha value is -2.98. The summed E-state index contributed by atoms with van der Waals surface area (Å²) >= 11 is 6.02. The Balaban J connectivity index is 1.51. The average Bonchev–Trinajstić information content (AvgIpc) is 2.64. The Morgan fingerprint density at radius 2 is 1.48 bits per heavy atom. The van der Waals surface area contributed by atoms with Crippen LogP contribution >= 0.6 is 11.6 Å². The number of hydrogen-bond acceptors (Lipinski definition) is 3. The van der Waals surface area contributed by atoms with Gasteiger partial charge >= 0.3 is 0 Å². The first-order chi connectivity index (χ1) is 12.2. The molecule has 25 heavy (non-hydrogen) atoms. The molecule has 0 bridgehead atoms. The van der Waals surface area contributed by atoms with Crippen molar-refractivity contribution in [2.45, 2.75) is 0 Å². The third-order valence-corrected chi connectivity index (χ3v) is 3.76. The molecule has 0 aliphatic heterocycles. The van der Waals surface area contributed by atoms with E-state index in [1.165, 1.54) is 0 Å². The van der Waals surface area contributed by atoms with Gasteiger partial charge in [0.15, 0.2) is 0 Å². The van der Waals surface area contributed by atoms with E-state index in [0.29, 0.717) is 10.7 Å². The molecule has 0 unspecified atom stereocenters. The summed E-state index contributed by atoms with van der Waals surface area (Å²) in [6, 6.07) is 24.1. The summed E-state index contributed by atoms with van der Waals surface area (Å²) in [6.07, 6.45) is 0. The number of rotatable bonds is 6. The van der Waals surface area contributed by atoms with E-state index in [0.717, 1.165) is 17.2 Å². The quantitative estimate of drug-likeness (QED) is 0.642. The van der Waals surface area contributed by atoms with Gasteiger partial charge in [0.1, 0.15) is 11.5 Å². The zero-order valence-electron chi connectivity index (χ0n) is 13.4. The van der Waals surface area contributed by atoms with Gasteiger partial charge < -0.3 is 15.4 Å². The van der Waals surface area contributed by atoms with Gasteiger partial charge in [0.25, 0.3) is 0 Å². The average molecular weight is 353 g/mol. The first-order valence-electron chi connectivity index (χ1n) is 7.82. The monoisotopic (exact) mass is 352 g/mol. The highest BCUT2D eigenvalue weighted by molar-refractivity contribution is 6.33. The molecule has 1 amide bonds. The van der Waals surface area contributed by atoms with Crippen molar-refractivity contribution >= 4 is 28.9 Å². The van der Waals surface area contributed by atoms with E-state index in [1.807, 2.05) is 66.7 Å². The summed E-state index contributed by atoms with van der Waals surface area (Å²) in [4.78, 5) is 12.0. The Morgan fingerprint density at radius 1 is 0.840 bits per heavy atom. The molecule has 0 aromatic heterocycles. The predicted octanol–water partition coefficient (Wildman–Crippen LogP) is 5.18. The van der Waals surface area contributed by atoms with Crippen molar-refractivity contribution in [3.8, 4) is 11.5 Å². The number of hydrogen-bond donors (Lipinski definition) is 2. The lowest BCUT2D eigenvalue weighted by Crippen LogP contribution is -2.21. The van der Waals surface area contributed by atoms with E-state index < -0.39 is 0 Å². The van der Waals surface area contributed by atoms with Gasteiger partial charge in [-0.1, -0.05) is 41.9 Å². The Morgan fingerprint density at radius 3 is 2.20 bits per heavy atom. The Kier molecular flexibility index (Phi) is 5.54. The number of carbonyl (C=O) groups is 1. The molecule has 5 heteroatoms. The largest absolute Gasteiger partial charge is 0.457 e. The summed E-state index contributed by atoms with van der Waals surface area (Å²) in [5.41, 5.74) is 1.43. The Labute approximate surface area is 151 Å². The molecule has 2 N–H and O–H groups in total. The van der Waals surface area contributed by atoms with Gasteiger partial charge in [-0.25, -0.2) is 0 Å². The van der Waals surface area contributed by atoms with Crippen molar-refractivity contribution in [1.29, 1.82) is 0 Å². The molecule has 126 valence electrons. The van der Waals surface area contributed by atoms with Crippen LogP contribution in [0.2, 0.25) is 5.02 Å². The molecule has 0 aliphatic carbocycles. The van der Waals surface area contributed by atoms with E-state index in [1.54, 1.807) is 12.1 Å². The van der Waals surface area contributed by atoms with Gasteiger partial charge in [-0.05, 0) is 48.5 Å². The highest BCUT2D eigenvalue weighted by Gasteiger charge is 2.05. The highest BCUT2D eigenvalue weighted by Crippen LogP contribution is 2.23. The normalized spacial score (nSPS) is 10.1. The number of ether oxygens (including phenoxy) is 1. The van der Waals surface area contributed by atoms with Gasteiger partial charge in [-0.2, -0.15) is 0 Å². The summed E-state index contributed by atoms with van der Waals surface area (Å²) in [5.74, 6) is 1.34. The van der Waals surface area contributed by atoms with Crippen LogP contribution in [0.4, 0.5) is 11.4 Å². The van der Waals surface area contributed by atoms with E-state index >= 15 is 0 Å². The molecule has 0 spiro atoms. The van der Waals surface area contributed by atoms with Crippen LogP contribution in [0, 0.1) is 0 Å². The lowest BCUT2D eigenvalue weighted by Gasteiger charge is -2.10. The number of anilines is 2. The minimum Gasteiger partial charge on any atom is -0.457 e. The third kappa shape index (κ3) is 4.99. The standard InChI is InChI=1S/C20H17ClN2O2/c21-18-8-4-5-9-19(18)23-20(24)14-22-15-10-12-17(13-11-15)25-16-6-2-1-3-7-16/h1-13,22H,14H2,(H,23,24). The number of halogens is 1. The van der Waals surface area contributed by atoms with Crippen LogP contribution < -0.4 is 15.4 Å². The summed E-state index contributed by atoms with van der Waals surface area (Å²) in [6.45, 7) is 0.143. The van der Waals surface area contributed by atoms with Crippen LogP contribution in [0.5, 0.6) is 11.5 Å². The SMILES string of the molecule is O=C(CNc1ccc(Oc2ccccc2)cc1)Nc1ccccc1Cl. The predicted molar refractivity (Wildman–Crippen MR) is 102 cm³/mol. The fraction of sp³-hybridized carbons (Fsp3) is 0.0500. The summed E-state index contributed by atoms with van der Waals surface area (Å²) in [5, 5.41) is 6.34. The Bertz CT molecular complexity index is 836. The van der Waals surface area contributed by atoms with E-state index in [-0.39, 0.29) is 12.5 Å². The summed E-state index contributed by atoms with van der Waals surface area (Å²) in [7, 11) is 0. The van der Waals surface area contributed by atoms with E-state index in [9.17, 15) is 4.79 Å². The number of para-hydroxylation sites is 2. The molecule has 0 heterocycles. The van der Waals surface area contributed by atoms with E-state index in [4.69, 9.17) is 16.3 Å². The molecule has 0 radical (unpaired) electrons. The topological polar surface area (TPSA) is 50.4 Å². The molecule has 0 fully saturated rings. The van der Waals surface area contributed by atoms with Crippen molar-refractivity contribution in [3.05, 3.63) is 83.9 Å². The van der Waals surface area contributed by atoms with Crippen LogP contribution in [0.15, 0.2) is 78.9 Å². The molecule has 0 saturated carbocycles. The molecule has 0 atom stereocenters. The van der Waals surface area contributed by atoms with Crippen molar-refractivity contribution in [2.24, 2.45) is 0 Å².